The number of H-pyrrole nitrogens is 1. The number of anilines is 1. The molecule has 0 bridgehead atoms. The molecular weight excluding hydrogens is 288 g/mol. The number of hydrogen-bond acceptors (Lipinski definition) is 3. The van der Waals surface area contributed by atoms with E-state index < -0.39 is 0 Å². The number of carbonyl (C=O) groups excluding carboxylic acids is 1. The quantitative estimate of drug-likeness (QED) is 0.761. The van der Waals surface area contributed by atoms with Crippen LogP contribution in [0.25, 0.3) is 10.9 Å². The Bertz CT molecular complexity index is 879. The second kappa shape index (κ2) is 5.27. The van der Waals surface area contributed by atoms with Gasteiger partial charge in [0.15, 0.2) is 5.69 Å². The molecule has 3 rings (SSSR count). The molecule has 0 aliphatic rings. The smallest absolute Gasteiger partial charge is 0.276 e. The number of nitrogens with one attached hydrogen (secondary N) is 2. The molecule has 0 aliphatic heterocycles. The number of rotatable bonds is 2. The highest BCUT2D eigenvalue weighted by Gasteiger charge is 2.15. The van der Waals surface area contributed by atoms with Crippen LogP contribution in [0.3, 0.4) is 0 Å². The van der Waals surface area contributed by atoms with Gasteiger partial charge in [0.05, 0.1) is 27.9 Å². The highest BCUT2D eigenvalue weighted by molar-refractivity contribution is 6.34. The van der Waals surface area contributed by atoms with Gasteiger partial charge in [-0.05, 0) is 24.3 Å². The van der Waals surface area contributed by atoms with Crippen LogP contribution < -0.4 is 5.32 Å². The summed E-state index contributed by atoms with van der Waals surface area (Å²) < 4.78 is 0. The second-order valence-electron chi connectivity index (χ2n) is 4.38. The van der Waals surface area contributed by atoms with Crippen LogP contribution in [0.1, 0.15) is 16.1 Å². The average molecular weight is 297 g/mol. The Morgan fingerprint density at radius 1 is 1.29 bits per heavy atom. The van der Waals surface area contributed by atoms with Crippen molar-refractivity contribution < 1.29 is 4.79 Å². The topological polar surface area (TPSA) is 81.6 Å². The molecule has 1 aromatic heterocycles. The molecule has 0 unspecified atom stereocenters. The molecule has 5 nitrogen and oxygen atoms in total. The van der Waals surface area contributed by atoms with Gasteiger partial charge in [-0.25, -0.2) is 0 Å². The lowest BCUT2D eigenvalue weighted by Gasteiger charge is -2.06. The molecule has 3 aromatic rings. The minimum atomic E-state index is -0.362. The maximum atomic E-state index is 12.3. The third kappa shape index (κ3) is 2.45. The number of aromatic amines is 1. The fraction of sp³-hybridized carbons (Fsp3) is 0. The number of fused-ring (bicyclic) bond motifs is 1. The number of nitrogens with zero attached hydrogens (tertiary/aromatic N) is 2. The molecule has 102 valence electrons. The second-order valence-corrected chi connectivity index (χ2v) is 4.79. The minimum Gasteiger partial charge on any atom is -0.319 e. The molecule has 6 heteroatoms. The Morgan fingerprint density at radius 2 is 2.10 bits per heavy atom. The van der Waals surface area contributed by atoms with Gasteiger partial charge < -0.3 is 5.32 Å². The first kappa shape index (κ1) is 13.2. The first-order chi connectivity index (χ1) is 10.2. The summed E-state index contributed by atoms with van der Waals surface area (Å²) in [6, 6.07) is 14.0. The molecule has 21 heavy (non-hydrogen) atoms. The van der Waals surface area contributed by atoms with Crippen molar-refractivity contribution in [2.75, 3.05) is 5.32 Å². The van der Waals surface area contributed by atoms with E-state index in [1.165, 1.54) is 6.07 Å². The Balaban J connectivity index is 1.92. The predicted octanol–water partition coefficient (Wildman–Crippen LogP) is 3.34. The lowest BCUT2D eigenvalue weighted by atomic mass is 10.2. The van der Waals surface area contributed by atoms with E-state index in [2.05, 4.69) is 15.5 Å². The van der Waals surface area contributed by atoms with Gasteiger partial charge in [-0.3, -0.25) is 9.89 Å². The van der Waals surface area contributed by atoms with Crippen molar-refractivity contribution in [1.29, 1.82) is 5.26 Å². The molecule has 1 heterocycles. The monoisotopic (exact) mass is 296 g/mol. The fourth-order valence-electron chi connectivity index (χ4n) is 2.00. The SMILES string of the molecule is N#Cc1ccc(NC(=O)c2n[nH]c3ccccc23)c(Cl)c1. The minimum absolute atomic E-state index is 0.297. The van der Waals surface area contributed by atoms with Gasteiger partial charge in [0.25, 0.3) is 5.91 Å². The molecule has 2 aromatic carbocycles. The van der Waals surface area contributed by atoms with Gasteiger partial charge in [-0.15, -0.1) is 0 Å². The Hall–Kier alpha value is -2.84. The summed E-state index contributed by atoms with van der Waals surface area (Å²) >= 11 is 6.04. The summed E-state index contributed by atoms with van der Waals surface area (Å²) in [4.78, 5) is 12.3. The molecule has 0 fully saturated rings. The van der Waals surface area contributed by atoms with Crippen molar-refractivity contribution in [3.63, 3.8) is 0 Å². The van der Waals surface area contributed by atoms with Gasteiger partial charge >= 0.3 is 0 Å². The van der Waals surface area contributed by atoms with Crippen molar-refractivity contribution in [2.24, 2.45) is 0 Å². The van der Waals surface area contributed by atoms with E-state index in [1.807, 2.05) is 30.3 Å². The van der Waals surface area contributed by atoms with Crippen LogP contribution in [0.2, 0.25) is 5.02 Å². The third-order valence-corrected chi connectivity index (χ3v) is 3.34. The van der Waals surface area contributed by atoms with E-state index in [0.717, 1.165) is 10.9 Å². The molecule has 0 radical (unpaired) electrons. The normalized spacial score (nSPS) is 10.3. The maximum absolute atomic E-state index is 12.3. The van der Waals surface area contributed by atoms with Gasteiger partial charge in [0.2, 0.25) is 0 Å². The lowest BCUT2D eigenvalue weighted by molar-refractivity contribution is 0.102. The predicted molar refractivity (Wildman–Crippen MR) is 80.2 cm³/mol. The molecule has 0 aliphatic carbocycles. The standard InChI is InChI=1S/C15H9ClN4O/c16-11-7-9(8-17)5-6-13(11)18-15(21)14-10-3-1-2-4-12(10)19-20-14/h1-7H,(H,18,21)(H,19,20). The Morgan fingerprint density at radius 3 is 2.86 bits per heavy atom. The average Bonchev–Trinajstić information content (AvgIpc) is 2.93. The van der Waals surface area contributed by atoms with Gasteiger partial charge in [0.1, 0.15) is 0 Å². The number of carbonyl (C=O) groups is 1. The summed E-state index contributed by atoms with van der Waals surface area (Å²) in [5.41, 5.74) is 1.95. The van der Waals surface area contributed by atoms with Gasteiger partial charge in [0, 0.05) is 5.39 Å². The van der Waals surface area contributed by atoms with Crippen LogP contribution in [0.5, 0.6) is 0 Å². The van der Waals surface area contributed by atoms with Crippen molar-refractivity contribution in [3.05, 3.63) is 58.7 Å². The van der Waals surface area contributed by atoms with E-state index in [-0.39, 0.29) is 5.91 Å². The van der Waals surface area contributed by atoms with E-state index in [0.29, 0.717) is 22.0 Å². The fourth-order valence-corrected chi connectivity index (χ4v) is 2.23. The number of aromatic nitrogens is 2. The largest absolute Gasteiger partial charge is 0.319 e. The zero-order chi connectivity index (χ0) is 14.8. The summed E-state index contributed by atoms with van der Waals surface area (Å²) in [6.45, 7) is 0. The molecular formula is C15H9ClN4O. The zero-order valence-electron chi connectivity index (χ0n) is 10.7. The molecule has 0 spiro atoms. The molecule has 0 saturated carbocycles. The van der Waals surface area contributed by atoms with Gasteiger partial charge in [-0.1, -0.05) is 29.8 Å². The highest BCUT2D eigenvalue weighted by Crippen LogP contribution is 2.24. The summed E-state index contributed by atoms with van der Waals surface area (Å²) in [6.07, 6.45) is 0. The number of hydrogen-bond donors (Lipinski definition) is 2. The Kier molecular flexibility index (Phi) is 3.30. The zero-order valence-corrected chi connectivity index (χ0v) is 11.5. The van der Waals surface area contributed by atoms with Crippen LogP contribution in [-0.4, -0.2) is 16.1 Å². The van der Waals surface area contributed by atoms with E-state index in [4.69, 9.17) is 16.9 Å². The van der Waals surface area contributed by atoms with Crippen LogP contribution in [0.15, 0.2) is 42.5 Å². The molecule has 1 amide bonds. The molecule has 2 N–H and O–H groups in total. The van der Waals surface area contributed by atoms with Crippen molar-refractivity contribution >= 4 is 34.1 Å². The van der Waals surface area contributed by atoms with Crippen LogP contribution in [0.4, 0.5) is 5.69 Å². The van der Waals surface area contributed by atoms with Crippen LogP contribution in [0, 0.1) is 11.3 Å². The first-order valence-electron chi connectivity index (χ1n) is 6.13. The number of amides is 1. The Labute approximate surface area is 125 Å². The highest BCUT2D eigenvalue weighted by atomic mass is 35.5. The summed E-state index contributed by atoms with van der Waals surface area (Å²) in [7, 11) is 0. The van der Waals surface area contributed by atoms with Crippen LogP contribution in [-0.2, 0) is 0 Å². The summed E-state index contributed by atoms with van der Waals surface area (Å²) in [5.74, 6) is -0.362. The van der Waals surface area contributed by atoms with Crippen molar-refractivity contribution in [3.8, 4) is 6.07 Å². The molecule has 0 saturated heterocycles. The lowest BCUT2D eigenvalue weighted by Crippen LogP contribution is -2.13. The molecule has 0 atom stereocenters. The van der Waals surface area contributed by atoms with Crippen molar-refractivity contribution in [2.45, 2.75) is 0 Å². The first-order valence-corrected chi connectivity index (χ1v) is 6.51. The van der Waals surface area contributed by atoms with Crippen molar-refractivity contribution in [1.82, 2.24) is 10.2 Å². The van der Waals surface area contributed by atoms with E-state index >= 15 is 0 Å². The summed E-state index contributed by atoms with van der Waals surface area (Å²) in [5, 5.41) is 19.4. The number of benzene rings is 2. The number of para-hydroxylation sites is 1. The maximum Gasteiger partial charge on any atom is 0.276 e. The number of halogens is 1. The number of nitriles is 1. The third-order valence-electron chi connectivity index (χ3n) is 3.03. The van der Waals surface area contributed by atoms with E-state index in [9.17, 15) is 4.79 Å². The van der Waals surface area contributed by atoms with E-state index in [1.54, 1.807) is 12.1 Å². The van der Waals surface area contributed by atoms with Gasteiger partial charge in [-0.2, -0.15) is 10.4 Å². The van der Waals surface area contributed by atoms with Crippen LogP contribution >= 0.6 is 11.6 Å².